The molecule has 0 radical (unpaired) electrons. The molecule has 0 nitrogen and oxygen atoms in total. The lowest BCUT2D eigenvalue weighted by molar-refractivity contribution is 0.768. The molecule has 0 saturated heterocycles. The molecular weight excluding hydrogens is 841 g/mol. The van der Waals surface area contributed by atoms with Gasteiger partial charge < -0.3 is 0 Å². The molecule has 0 atom stereocenters. The van der Waals surface area contributed by atoms with E-state index in [1.807, 2.05) is 0 Å². The van der Waals surface area contributed by atoms with Crippen molar-refractivity contribution in [2.24, 2.45) is 0 Å². The number of fused-ring (bicyclic) bond motifs is 6. The Morgan fingerprint density at radius 2 is 0.686 bits per heavy atom. The van der Waals surface area contributed by atoms with Crippen LogP contribution in [-0.2, 0) is 5.41 Å². The first-order valence-electron chi connectivity index (χ1n) is 24.4. The summed E-state index contributed by atoms with van der Waals surface area (Å²) in [6.07, 6.45) is 4.49. The van der Waals surface area contributed by atoms with Gasteiger partial charge in [-0.05, 0) is 128 Å². The summed E-state index contributed by atoms with van der Waals surface area (Å²) < 4.78 is 0. The summed E-state index contributed by atoms with van der Waals surface area (Å²) in [5.41, 5.74) is 20.9. The molecule has 0 heterocycles. The number of hydrogen-bond donors (Lipinski definition) is 0. The van der Waals surface area contributed by atoms with E-state index >= 15 is 0 Å². The van der Waals surface area contributed by atoms with Gasteiger partial charge in [0.25, 0.3) is 0 Å². The highest BCUT2D eigenvalue weighted by Crippen LogP contribution is 2.56. The summed E-state index contributed by atoms with van der Waals surface area (Å²) in [5.74, 6) is 0. The minimum atomic E-state index is -0.417. The van der Waals surface area contributed by atoms with Crippen LogP contribution < -0.4 is 0 Å². The highest BCUT2D eigenvalue weighted by molar-refractivity contribution is 6.24. The van der Waals surface area contributed by atoms with Gasteiger partial charge in [-0.2, -0.15) is 0 Å². The van der Waals surface area contributed by atoms with Crippen LogP contribution in [0.3, 0.4) is 0 Å². The van der Waals surface area contributed by atoms with E-state index < -0.39 is 5.41 Å². The van der Waals surface area contributed by atoms with Crippen LogP contribution in [0.4, 0.5) is 0 Å². The summed E-state index contributed by atoms with van der Waals surface area (Å²) >= 11 is 0. The first-order chi connectivity index (χ1) is 34.6. The number of rotatable bonds is 8. The second-order valence-electron chi connectivity index (χ2n) is 18.8. The molecular formula is C70H48. The molecule has 0 spiro atoms. The van der Waals surface area contributed by atoms with Crippen LogP contribution in [0.2, 0.25) is 0 Å². The van der Waals surface area contributed by atoms with Gasteiger partial charge in [0.05, 0.1) is 5.41 Å². The molecule has 328 valence electrons. The summed E-state index contributed by atoms with van der Waals surface area (Å²) in [7, 11) is 0. The molecule has 13 rings (SSSR count). The fourth-order valence-corrected chi connectivity index (χ4v) is 11.6. The van der Waals surface area contributed by atoms with E-state index in [0.29, 0.717) is 0 Å². The topological polar surface area (TPSA) is 0 Å². The molecule has 0 amide bonds. The van der Waals surface area contributed by atoms with Crippen molar-refractivity contribution in [3.8, 4) is 55.6 Å². The third-order valence-corrected chi connectivity index (χ3v) is 14.9. The standard InChI is InChI=1S/C70H48/c1-47-27-42-55(43-28-47)70(66-25-13-11-19-59(66)60-20-12-14-26-67(60)70)56-44-39-52(40-45-56)51-35-37-54(38-36-51)68-61-21-7-9-23-63(61)69(64-24-10-8-22-62(64)68)65-46-41-53(57-17-5-6-18-58(57)65)34-31-48-29-32-50(33-30-48)49-15-3-2-4-16-49/h2-46H,1H3. The first-order valence-corrected chi connectivity index (χ1v) is 24.4. The van der Waals surface area contributed by atoms with Gasteiger partial charge in [0.15, 0.2) is 0 Å². The average molecular weight is 889 g/mol. The van der Waals surface area contributed by atoms with E-state index in [1.54, 1.807) is 0 Å². The van der Waals surface area contributed by atoms with Gasteiger partial charge in [-0.3, -0.25) is 0 Å². The molecule has 0 saturated carbocycles. The van der Waals surface area contributed by atoms with Gasteiger partial charge >= 0.3 is 0 Å². The fraction of sp³-hybridized carbons (Fsp3) is 0.0286. The van der Waals surface area contributed by atoms with Gasteiger partial charge in [-0.15, -0.1) is 0 Å². The van der Waals surface area contributed by atoms with E-state index in [2.05, 4.69) is 280 Å². The molecule has 0 unspecified atom stereocenters. The number of hydrogen-bond acceptors (Lipinski definition) is 0. The Kier molecular flexibility index (Phi) is 10.1. The zero-order chi connectivity index (χ0) is 46.6. The van der Waals surface area contributed by atoms with Crippen molar-refractivity contribution in [2.45, 2.75) is 12.3 Å². The highest BCUT2D eigenvalue weighted by atomic mass is 14.5. The third-order valence-electron chi connectivity index (χ3n) is 14.9. The van der Waals surface area contributed by atoms with E-state index in [9.17, 15) is 0 Å². The quantitative estimate of drug-likeness (QED) is 0.105. The Morgan fingerprint density at radius 1 is 0.271 bits per heavy atom. The maximum absolute atomic E-state index is 2.36. The van der Waals surface area contributed by atoms with Crippen molar-refractivity contribution in [3.63, 3.8) is 0 Å². The predicted molar refractivity (Wildman–Crippen MR) is 298 cm³/mol. The summed E-state index contributed by atoms with van der Waals surface area (Å²) in [6.45, 7) is 2.17. The van der Waals surface area contributed by atoms with Crippen LogP contribution in [0.1, 0.15) is 38.9 Å². The van der Waals surface area contributed by atoms with Crippen LogP contribution in [0.25, 0.3) is 100 Å². The molecule has 0 aliphatic heterocycles. The van der Waals surface area contributed by atoms with Crippen molar-refractivity contribution in [1.82, 2.24) is 0 Å². The van der Waals surface area contributed by atoms with Gasteiger partial charge in [0.1, 0.15) is 0 Å². The van der Waals surface area contributed by atoms with Crippen molar-refractivity contribution >= 4 is 44.5 Å². The van der Waals surface area contributed by atoms with Crippen LogP contribution in [0.15, 0.2) is 261 Å². The van der Waals surface area contributed by atoms with Crippen molar-refractivity contribution < 1.29 is 0 Å². The van der Waals surface area contributed by atoms with Gasteiger partial charge in [-0.1, -0.05) is 279 Å². The molecule has 1 aliphatic rings. The van der Waals surface area contributed by atoms with Crippen LogP contribution >= 0.6 is 0 Å². The minimum absolute atomic E-state index is 0.417. The van der Waals surface area contributed by atoms with E-state index in [-0.39, 0.29) is 0 Å². The molecule has 0 N–H and O–H groups in total. The average Bonchev–Trinajstić information content (AvgIpc) is 3.73. The third kappa shape index (κ3) is 6.75. The van der Waals surface area contributed by atoms with Crippen molar-refractivity contribution in [3.05, 3.63) is 300 Å². The summed E-state index contributed by atoms with van der Waals surface area (Å²) in [5, 5.41) is 7.48. The molecule has 0 aromatic heterocycles. The van der Waals surface area contributed by atoms with Gasteiger partial charge in [0, 0.05) is 0 Å². The lowest BCUT2D eigenvalue weighted by Gasteiger charge is -2.34. The fourth-order valence-electron chi connectivity index (χ4n) is 11.6. The van der Waals surface area contributed by atoms with E-state index in [1.165, 1.54) is 127 Å². The van der Waals surface area contributed by atoms with Crippen LogP contribution in [0.5, 0.6) is 0 Å². The molecule has 0 fully saturated rings. The highest BCUT2D eigenvalue weighted by Gasteiger charge is 2.45. The Bertz CT molecular complexity index is 3850. The zero-order valence-corrected chi connectivity index (χ0v) is 39.0. The molecule has 70 heavy (non-hydrogen) atoms. The molecule has 0 bridgehead atoms. The summed E-state index contributed by atoms with van der Waals surface area (Å²) in [6, 6.07) is 96.5. The smallest absolute Gasteiger partial charge is 0.0622 e. The molecule has 12 aromatic rings. The number of benzene rings is 12. The first kappa shape index (κ1) is 41.4. The normalized spacial score (nSPS) is 12.7. The molecule has 1 aliphatic carbocycles. The maximum atomic E-state index is 2.36. The number of aryl methyl sites for hydroxylation is 1. The lowest BCUT2D eigenvalue weighted by atomic mass is 9.67. The lowest BCUT2D eigenvalue weighted by Crippen LogP contribution is -2.28. The monoisotopic (exact) mass is 888 g/mol. The van der Waals surface area contributed by atoms with Crippen LogP contribution in [0, 0.1) is 6.92 Å². The van der Waals surface area contributed by atoms with Crippen LogP contribution in [-0.4, -0.2) is 0 Å². The molecule has 0 heteroatoms. The zero-order valence-electron chi connectivity index (χ0n) is 39.0. The minimum Gasteiger partial charge on any atom is -0.0622 e. The van der Waals surface area contributed by atoms with E-state index in [4.69, 9.17) is 0 Å². The summed E-state index contributed by atoms with van der Waals surface area (Å²) in [4.78, 5) is 0. The Hall–Kier alpha value is -8.84. The van der Waals surface area contributed by atoms with Crippen molar-refractivity contribution in [1.29, 1.82) is 0 Å². The largest absolute Gasteiger partial charge is 0.0713 e. The van der Waals surface area contributed by atoms with Crippen molar-refractivity contribution in [2.75, 3.05) is 0 Å². The molecule has 12 aromatic carbocycles. The Morgan fingerprint density at radius 3 is 1.26 bits per heavy atom. The second kappa shape index (κ2) is 17.0. The maximum Gasteiger partial charge on any atom is 0.0713 e. The second-order valence-corrected chi connectivity index (χ2v) is 18.8. The van der Waals surface area contributed by atoms with Gasteiger partial charge in [0.2, 0.25) is 0 Å². The van der Waals surface area contributed by atoms with E-state index in [0.717, 1.165) is 0 Å². The Labute approximate surface area is 410 Å². The predicted octanol–water partition coefficient (Wildman–Crippen LogP) is 18.7. The van der Waals surface area contributed by atoms with Gasteiger partial charge in [-0.25, -0.2) is 0 Å². The Balaban J connectivity index is 0.871. The SMILES string of the molecule is Cc1ccc(C2(c3ccc(-c4ccc(-c5c6ccccc6c(-c6ccc(C=Cc7ccc(-c8ccccc8)cc7)c7ccccc67)c6ccccc56)cc4)cc3)c3ccccc3-c3ccccc32)cc1.